The molecule has 0 saturated heterocycles. The van der Waals surface area contributed by atoms with Crippen LogP contribution in [-0.4, -0.2) is 22.9 Å². The highest BCUT2D eigenvalue weighted by Crippen LogP contribution is 2.30. The van der Waals surface area contributed by atoms with E-state index < -0.39 is 11.7 Å². The third-order valence-corrected chi connectivity index (χ3v) is 3.35. The highest BCUT2D eigenvalue weighted by Gasteiger charge is 2.30. The molecule has 0 aromatic heterocycles. The van der Waals surface area contributed by atoms with Crippen LogP contribution in [0.25, 0.3) is 0 Å². The molecule has 20 heavy (non-hydrogen) atoms. The van der Waals surface area contributed by atoms with E-state index in [1.165, 1.54) is 23.9 Å². The van der Waals surface area contributed by atoms with Crippen LogP contribution in [0.15, 0.2) is 34.5 Å². The third kappa shape index (κ3) is 4.09. The molecule has 1 N–H and O–H groups in total. The third-order valence-electron chi connectivity index (χ3n) is 2.36. The number of hydrogen-bond acceptors (Lipinski definition) is 4. The lowest BCUT2D eigenvalue weighted by atomic mass is 10.2. The average Bonchev–Trinajstić information content (AvgIpc) is 2.89. The molecule has 0 spiro atoms. The smallest absolute Gasteiger partial charge is 0.325 e. The minimum atomic E-state index is -4.43. The number of halogens is 3. The second-order valence-corrected chi connectivity index (χ2v) is 4.96. The van der Waals surface area contributed by atoms with Crippen LogP contribution in [-0.2, 0) is 11.0 Å². The standard InChI is InChI=1S/C12H10F3N3OS/c13-12(14,15)8-2-1-3-9(6-8)17-10(19)7-20-11-4-5-16-18-11/h1-3,5-6H,4,7H2,(H,17,19). The number of nitrogens with zero attached hydrogens (tertiary/aromatic N) is 2. The molecule has 1 amide bonds. The van der Waals surface area contributed by atoms with Gasteiger partial charge in [0.25, 0.3) is 0 Å². The second-order valence-electron chi connectivity index (χ2n) is 3.91. The number of hydrogen-bond donors (Lipinski definition) is 1. The quantitative estimate of drug-likeness (QED) is 0.932. The molecule has 106 valence electrons. The Morgan fingerprint density at radius 1 is 1.40 bits per heavy atom. The zero-order chi connectivity index (χ0) is 14.6. The highest BCUT2D eigenvalue weighted by atomic mass is 32.2. The molecule has 1 aliphatic rings. The van der Waals surface area contributed by atoms with Gasteiger partial charge in [-0.2, -0.15) is 18.3 Å². The summed E-state index contributed by atoms with van der Waals surface area (Å²) in [4.78, 5) is 11.6. The minimum absolute atomic E-state index is 0.0818. The topological polar surface area (TPSA) is 53.8 Å². The second kappa shape index (κ2) is 6.08. The predicted molar refractivity (Wildman–Crippen MR) is 73.1 cm³/mol. The number of nitrogens with one attached hydrogen (secondary N) is 1. The Bertz CT molecular complexity index is 569. The number of alkyl halides is 3. The molecule has 1 aliphatic heterocycles. The Morgan fingerprint density at radius 2 is 2.20 bits per heavy atom. The van der Waals surface area contributed by atoms with Crippen LogP contribution in [0.5, 0.6) is 0 Å². The van der Waals surface area contributed by atoms with Crippen LogP contribution in [0.3, 0.4) is 0 Å². The van der Waals surface area contributed by atoms with Crippen molar-refractivity contribution in [1.82, 2.24) is 0 Å². The van der Waals surface area contributed by atoms with Gasteiger partial charge in [0.2, 0.25) is 5.91 Å². The first-order valence-corrected chi connectivity index (χ1v) is 6.62. The van der Waals surface area contributed by atoms with Gasteiger partial charge in [-0.3, -0.25) is 4.79 Å². The molecule has 0 fully saturated rings. The summed E-state index contributed by atoms with van der Waals surface area (Å²) in [6.45, 7) is 0. The first-order chi connectivity index (χ1) is 9.45. The van der Waals surface area contributed by atoms with Crippen LogP contribution >= 0.6 is 11.8 Å². The minimum Gasteiger partial charge on any atom is -0.325 e. The maximum absolute atomic E-state index is 12.5. The van der Waals surface area contributed by atoms with Crippen molar-refractivity contribution in [3.63, 3.8) is 0 Å². The maximum atomic E-state index is 12.5. The van der Waals surface area contributed by atoms with Gasteiger partial charge in [0.1, 0.15) is 5.04 Å². The summed E-state index contributed by atoms with van der Waals surface area (Å²) >= 11 is 1.21. The van der Waals surface area contributed by atoms with Crippen LogP contribution in [0, 0.1) is 0 Å². The van der Waals surface area contributed by atoms with Crippen molar-refractivity contribution in [1.29, 1.82) is 0 Å². The Kier molecular flexibility index (Phi) is 4.43. The van der Waals surface area contributed by atoms with Crippen LogP contribution in [0.4, 0.5) is 18.9 Å². The van der Waals surface area contributed by atoms with Crippen molar-refractivity contribution in [2.75, 3.05) is 11.1 Å². The van der Waals surface area contributed by atoms with E-state index in [0.717, 1.165) is 12.1 Å². The molecule has 0 unspecified atom stereocenters. The molecule has 0 aliphatic carbocycles. The van der Waals surface area contributed by atoms with Gasteiger partial charge in [-0.25, -0.2) is 0 Å². The van der Waals surface area contributed by atoms with E-state index in [2.05, 4.69) is 15.5 Å². The lowest BCUT2D eigenvalue weighted by Crippen LogP contribution is -2.16. The van der Waals surface area contributed by atoms with E-state index in [1.807, 2.05) is 0 Å². The van der Waals surface area contributed by atoms with Gasteiger partial charge in [0, 0.05) is 18.3 Å². The van der Waals surface area contributed by atoms with E-state index in [1.54, 1.807) is 6.21 Å². The van der Waals surface area contributed by atoms with Crippen molar-refractivity contribution < 1.29 is 18.0 Å². The molecule has 0 bridgehead atoms. The zero-order valence-corrected chi connectivity index (χ0v) is 11.0. The molecular weight excluding hydrogens is 291 g/mol. The van der Waals surface area contributed by atoms with Gasteiger partial charge in [-0.05, 0) is 18.2 Å². The average molecular weight is 301 g/mol. The number of anilines is 1. The van der Waals surface area contributed by atoms with E-state index in [-0.39, 0.29) is 17.3 Å². The summed E-state index contributed by atoms with van der Waals surface area (Å²) < 4.78 is 37.5. The largest absolute Gasteiger partial charge is 0.416 e. The first-order valence-electron chi connectivity index (χ1n) is 5.63. The summed E-state index contributed by atoms with van der Waals surface area (Å²) in [6, 6.07) is 4.52. The van der Waals surface area contributed by atoms with Gasteiger partial charge in [-0.1, -0.05) is 17.8 Å². The number of benzene rings is 1. The molecule has 4 nitrogen and oxygen atoms in total. The summed E-state index contributed by atoms with van der Waals surface area (Å²) in [6.07, 6.45) is -2.22. The molecule has 1 aromatic carbocycles. The Hall–Kier alpha value is -1.83. The molecule has 8 heteroatoms. The fourth-order valence-electron chi connectivity index (χ4n) is 1.47. The van der Waals surface area contributed by atoms with Crippen molar-refractivity contribution >= 4 is 34.6 Å². The molecular formula is C12H10F3N3OS. The number of thioether (sulfide) groups is 1. The lowest BCUT2D eigenvalue weighted by Gasteiger charge is -2.09. The fraction of sp³-hybridized carbons (Fsp3) is 0.250. The molecule has 0 atom stereocenters. The summed E-state index contributed by atoms with van der Waals surface area (Å²) in [5, 5.41) is 10.6. The first kappa shape index (κ1) is 14.6. The van der Waals surface area contributed by atoms with E-state index >= 15 is 0 Å². The van der Waals surface area contributed by atoms with Crippen molar-refractivity contribution in [2.24, 2.45) is 10.2 Å². The molecule has 1 heterocycles. The van der Waals surface area contributed by atoms with E-state index in [4.69, 9.17) is 0 Å². The lowest BCUT2D eigenvalue weighted by molar-refractivity contribution is -0.137. The normalized spacial score (nSPS) is 14.2. The van der Waals surface area contributed by atoms with Crippen LogP contribution in [0.1, 0.15) is 12.0 Å². The SMILES string of the molecule is O=C(CSC1=NN=CC1)Nc1cccc(C(F)(F)F)c1. The van der Waals surface area contributed by atoms with Crippen molar-refractivity contribution in [2.45, 2.75) is 12.6 Å². The summed E-state index contributed by atoms with van der Waals surface area (Å²) in [5.41, 5.74) is -0.674. The van der Waals surface area contributed by atoms with Crippen LogP contribution < -0.4 is 5.32 Å². The molecule has 0 radical (unpaired) electrons. The van der Waals surface area contributed by atoms with Gasteiger partial charge < -0.3 is 5.32 Å². The maximum Gasteiger partial charge on any atom is 0.416 e. The van der Waals surface area contributed by atoms with E-state index in [0.29, 0.717) is 11.5 Å². The van der Waals surface area contributed by atoms with Gasteiger partial charge in [-0.15, -0.1) is 5.10 Å². The van der Waals surface area contributed by atoms with Crippen molar-refractivity contribution in [3.8, 4) is 0 Å². The Balaban J connectivity index is 1.90. The predicted octanol–water partition coefficient (Wildman–Crippen LogP) is 3.17. The van der Waals surface area contributed by atoms with Crippen molar-refractivity contribution in [3.05, 3.63) is 29.8 Å². The number of carbonyl (C=O) groups is 1. The number of carbonyl (C=O) groups excluding carboxylic acids is 1. The monoisotopic (exact) mass is 301 g/mol. The summed E-state index contributed by atoms with van der Waals surface area (Å²) in [5.74, 6) is -0.303. The highest BCUT2D eigenvalue weighted by molar-refractivity contribution is 8.14. The summed E-state index contributed by atoms with van der Waals surface area (Å²) in [7, 11) is 0. The molecule has 1 aromatic rings. The Labute approximate surface area is 117 Å². The van der Waals surface area contributed by atoms with Gasteiger partial charge >= 0.3 is 6.18 Å². The molecule has 2 rings (SSSR count). The van der Waals surface area contributed by atoms with Gasteiger partial charge in [0.15, 0.2) is 0 Å². The van der Waals surface area contributed by atoms with Crippen LogP contribution in [0.2, 0.25) is 0 Å². The van der Waals surface area contributed by atoms with E-state index in [9.17, 15) is 18.0 Å². The zero-order valence-electron chi connectivity index (χ0n) is 10.1. The number of amides is 1. The Morgan fingerprint density at radius 3 is 2.85 bits per heavy atom. The molecule has 0 saturated carbocycles. The number of rotatable bonds is 3. The van der Waals surface area contributed by atoms with Gasteiger partial charge in [0.05, 0.1) is 11.3 Å². The fourth-order valence-corrected chi connectivity index (χ4v) is 2.14.